The van der Waals surface area contributed by atoms with Crippen LogP contribution in [0.1, 0.15) is 23.7 Å². The van der Waals surface area contributed by atoms with Gasteiger partial charge in [0.2, 0.25) is 0 Å². The van der Waals surface area contributed by atoms with E-state index < -0.39 is 5.92 Å². The minimum absolute atomic E-state index is 0.0476. The molecular weight excluding hydrogens is 208 g/mol. The highest BCUT2D eigenvalue weighted by Gasteiger charge is 2.14. The van der Waals surface area contributed by atoms with Crippen molar-refractivity contribution in [1.29, 1.82) is 10.5 Å². The molecule has 5 heteroatoms. The van der Waals surface area contributed by atoms with Crippen molar-refractivity contribution in [1.82, 2.24) is 9.55 Å². The summed E-state index contributed by atoms with van der Waals surface area (Å²) >= 11 is 4.29. The molecule has 15 heavy (non-hydrogen) atoms. The van der Waals surface area contributed by atoms with E-state index >= 15 is 0 Å². The van der Waals surface area contributed by atoms with E-state index in [1.807, 2.05) is 30.7 Å². The van der Waals surface area contributed by atoms with Crippen LogP contribution in [0.25, 0.3) is 0 Å². The van der Waals surface area contributed by atoms with Gasteiger partial charge < -0.3 is 4.57 Å². The number of nitriles is 2. The van der Waals surface area contributed by atoms with Gasteiger partial charge in [-0.25, -0.2) is 4.98 Å². The Morgan fingerprint density at radius 2 is 2.13 bits per heavy atom. The summed E-state index contributed by atoms with van der Waals surface area (Å²) in [5.41, 5.74) is 0.888. The van der Waals surface area contributed by atoms with Crippen molar-refractivity contribution in [3.8, 4) is 12.1 Å². The molecule has 1 atom stereocenters. The lowest BCUT2D eigenvalue weighted by atomic mass is 10.1. The zero-order chi connectivity index (χ0) is 11.4. The zero-order valence-electron chi connectivity index (χ0n) is 8.68. The number of thiol groups is 1. The van der Waals surface area contributed by atoms with Crippen LogP contribution in [0.3, 0.4) is 0 Å². The summed E-state index contributed by atoms with van der Waals surface area (Å²) in [6.45, 7) is 1.93. The predicted molar refractivity (Wildman–Crippen MR) is 59.0 cm³/mol. The average Bonchev–Trinajstić information content (AvgIpc) is 2.56. The quantitative estimate of drug-likeness (QED) is 0.787. The molecule has 0 aromatic carbocycles. The molecule has 0 aliphatic rings. The van der Waals surface area contributed by atoms with Gasteiger partial charge in [0.15, 0.2) is 0 Å². The maximum atomic E-state index is 8.68. The first-order chi connectivity index (χ1) is 7.10. The van der Waals surface area contributed by atoms with Crippen LogP contribution in [0.4, 0.5) is 0 Å². The van der Waals surface area contributed by atoms with Crippen molar-refractivity contribution in [2.24, 2.45) is 13.0 Å². The normalized spacial score (nSPS) is 12.1. The highest BCUT2D eigenvalue weighted by atomic mass is 32.1. The standard InChI is InChI=1S/C10H12N4S/c1-7(15)10-13-6-9(14(10)2)3-8(4-11)5-12/h6-8,15H,3H2,1-2H3. The first-order valence-electron chi connectivity index (χ1n) is 4.58. The second-order valence-corrected chi connectivity index (χ2v) is 4.13. The molecule has 1 heterocycles. The minimum Gasteiger partial charge on any atom is -0.334 e. The fourth-order valence-corrected chi connectivity index (χ4v) is 1.61. The van der Waals surface area contributed by atoms with Crippen molar-refractivity contribution in [2.45, 2.75) is 18.6 Å². The zero-order valence-corrected chi connectivity index (χ0v) is 9.57. The van der Waals surface area contributed by atoms with Gasteiger partial charge in [-0.15, -0.1) is 0 Å². The first kappa shape index (κ1) is 11.6. The molecule has 0 radical (unpaired) electrons. The average molecular weight is 220 g/mol. The number of nitrogens with zero attached hydrogens (tertiary/aromatic N) is 4. The summed E-state index contributed by atoms with van der Waals surface area (Å²) in [5.74, 6) is 0.242. The van der Waals surface area contributed by atoms with Gasteiger partial charge in [-0.3, -0.25) is 0 Å². The van der Waals surface area contributed by atoms with Crippen LogP contribution in [0.2, 0.25) is 0 Å². The van der Waals surface area contributed by atoms with Crippen LogP contribution in [0.15, 0.2) is 6.20 Å². The monoisotopic (exact) mass is 220 g/mol. The summed E-state index contributed by atoms with van der Waals surface area (Å²) < 4.78 is 1.89. The Kier molecular flexibility index (Phi) is 3.76. The van der Waals surface area contributed by atoms with E-state index in [-0.39, 0.29) is 5.25 Å². The summed E-state index contributed by atoms with van der Waals surface area (Å²) in [4.78, 5) is 4.20. The van der Waals surface area contributed by atoms with Gasteiger partial charge >= 0.3 is 0 Å². The fourth-order valence-electron chi connectivity index (χ4n) is 1.37. The number of aromatic nitrogens is 2. The third-order valence-electron chi connectivity index (χ3n) is 2.22. The van der Waals surface area contributed by atoms with Crippen LogP contribution in [-0.4, -0.2) is 9.55 Å². The van der Waals surface area contributed by atoms with Gasteiger partial charge in [0.05, 0.1) is 17.4 Å². The third kappa shape index (κ3) is 2.51. The third-order valence-corrected chi connectivity index (χ3v) is 2.45. The van der Waals surface area contributed by atoms with E-state index in [2.05, 4.69) is 17.6 Å². The Balaban J connectivity index is 2.90. The lowest BCUT2D eigenvalue weighted by Crippen LogP contribution is -2.06. The maximum absolute atomic E-state index is 8.68. The largest absolute Gasteiger partial charge is 0.334 e. The Morgan fingerprint density at radius 1 is 1.53 bits per heavy atom. The summed E-state index contributed by atoms with van der Waals surface area (Å²) in [6, 6.07) is 3.89. The number of hydrogen-bond donors (Lipinski definition) is 1. The van der Waals surface area contributed by atoms with Crippen LogP contribution in [0.5, 0.6) is 0 Å². The van der Waals surface area contributed by atoms with Gasteiger partial charge in [0.1, 0.15) is 11.7 Å². The molecule has 0 spiro atoms. The summed E-state index contributed by atoms with van der Waals surface area (Å²) in [6.07, 6.45) is 2.11. The van der Waals surface area contributed by atoms with Crippen LogP contribution in [0, 0.1) is 28.6 Å². The molecule has 0 bridgehead atoms. The van der Waals surface area contributed by atoms with Crippen molar-refractivity contribution in [3.05, 3.63) is 17.7 Å². The lowest BCUT2D eigenvalue weighted by molar-refractivity contribution is 0.713. The molecule has 1 rings (SSSR count). The first-order valence-corrected chi connectivity index (χ1v) is 5.09. The molecule has 0 saturated carbocycles. The molecule has 0 saturated heterocycles. The van der Waals surface area contributed by atoms with Crippen molar-refractivity contribution in [3.63, 3.8) is 0 Å². The molecule has 0 amide bonds. The molecule has 0 aliphatic heterocycles. The smallest absolute Gasteiger partial charge is 0.138 e. The topological polar surface area (TPSA) is 65.4 Å². The molecule has 0 fully saturated rings. The van der Waals surface area contributed by atoms with Crippen molar-refractivity contribution >= 4 is 12.6 Å². The second-order valence-electron chi connectivity index (χ2n) is 3.36. The van der Waals surface area contributed by atoms with E-state index in [1.165, 1.54) is 0 Å². The van der Waals surface area contributed by atoms with E-state index in [0.717, 1.165) is 11.5 Å². The molecule has 1 unspecified atom stereocenters. The van der Waals surface area contributed by atoms with E-state index in [9.17, 15) is 0 Å². The van der Waals surface area contributed by atoms with Crippen molar-refractivity contribution < 1.29 is 0 Å². The molecule has 1 aromatic rings. The van der Waals surface area contributed by atoms with E-state index in [1.54, 1.807) is 6.20 Å². The van der Waals surface area contributed by atoms with Crippen LogP contribution >= 0.6 is 12.6 Å². The predicted octanol–water partition coefficient (Wildman–Crippen LogP) is 1.62. The van der Waals surface area contributed by atoms with Gasteiger partial charge in [-0.2, -0.15) is 23.2 Å². The van der Waals surface area contributed by atoms with E-state index in [0.29, 0.717) is 6.42 Å². The van der Waals surface area contributed by atoms with E-state index in [4.69, 9.17) is 10.5 Å². The summed E-state index contributed by atoms with van der Waals surface area (Å²) in [7, 11) is 1.87. The minimum atomic E-state index is -0.608. The molecule has 0 aliphatic carbocycles. The number of hydrogen-bond acceptors (Lipinski definition) is 4. The Morgan fingerprint density at radius 3 is 2.53 bits per heavy atom. The molecule has 78 valence electrons. The van der Waals surface area contributed by atoms with Gasteiger partial charge in [-0.05, 0) is 6.92 Å². The van der Waals surface area contributed by atoms with Crippen molar-refractivity contribution in [2.75, 3.05) is 0 Å². The second kappa shape index (κ2) is 4.86. The lowest BCUT2D eigenvalue weighted by Gasteiger charge is -2.07. The molecular formula is C10H12N4S. The Labute approximate surface area is 94.6 Å². The highest BCUT2D eigenvalue weighted by molar-refractivity contribution is 7.80. The molecule has 4 nitrogen and oxygen atoms in total. The van der Waals surface area contributed by atoms with Gasteiger partial charge in [-0.1, -0.05) is 0 Å². The number of rotatable bonds is 3. The van der Waals surface area contributed by atoms with Crippen LogP contribution < -0.4 is 0 Å². The molecule has 1 aromatic heterocycles. The highest BCUT2D eigenvalue weighted by Crippen LogP contribution is 2.19. The molecule has 0 N–H and O–H groups in total. The fraction of sp³-hybridized carbons (Fsp3) is 0.500. The van der Waals surface area contributed by atoms with Gasteiger partial charge in [0.25, 0.3) is 0 Å². The number of imidazole rings is 1. The van der Waals surface area contributed by atoms with Crippen LogP contribution in [-0.2, 0) is 13.5 Å². The maximum Gasteiger partial charge on any atom is 0.138 e. The SMILES string of the molecule is CC(S)c1ncc(CC(C#N)C#N)n1C. The Bertz CT molecular complexity index is 408. The Hall–Kier alpha value is -1.46. The van der Waals surface area contributed by atoms with Gasteiger partial charge in [0, 0.05) is 25.4 Å². The summed E-state index contributed by atoms with van der Waals surface area (Å²) in [5, 5.41) is 17.4.